The van der Waals surface area contributed by atoms with Crippen LogP contribution in [0.15, 0.2) is 12.1 Å². The van der Waals surface area contributed by atoms with Gasteiger partial charge in [-0.25, -0.2) is 4.39 Å². The van der Waals surface area contributed by atoms with Crippen molar-refractivity contribution < 1.29 is 23.2 Å². The van der Waals surface area contributed by atoms with Crippen molar-refractivity contribution in [1.29, 1.82) is 0 Å². The Morgan fingerprint density at radius 2 is 1.74 bits per heavy atom. The molecule has 1 saturated carbocycles. The Kier molecular flexibility index (Phi) is 5.55. The lowest BCUT2D eigenvalue weighted by atomic mass is 9.78. The van der Waals surface area contributed by atoms with Crippen LogP contribution in [0.3, 0.4) is 0 Å². The van der Waals surface area contributed by atoms with Gasteiger partial charge in [-0.1, -0.05) is 19.3 Å². The second-order valence-electron chi connectivity index (χ2n) is 8.48. The summed E-state index contributed by atoms with van der Waals surface area (Å²) in [6.45, 7) is 7.75. The van der Waals surface area contributed by atoms with E-state index in [0.29, 0.717) is 5.46 Å². The van der Waals surface area contributed by atoms with Crippen molar-refractivity contribution in [1.82, 2.24) is 5.32 Å². The van der Waals surface area contributed by atoms with E-state index in [0.717, 1.165) is 25.7 Å². The van der Waals surface area contributed by atoms with Crippen molar-refractivity contribution in [2.45, 2.75) is 77.0 Å². The van der Waals surface area contributed by atoms with E-state index >= 15 is 0 Å². The third-order valence-electron chi connectivity index (χ3n) is 5.99. The SMILES string of the molecule is COc1cc(B2OC(C)(C)C(C)(C)O2)cc(F)c1C(=O)NC1CCCCC1. The molecule has 1 heterocycles. The maximum atomic E-state index is 14.9. The molecule has 2 aliphatic rings. The van der Waals surface area contributed by atoms with Crippen molar-refractivity contribution in [3.63, 3.8) is 0 Å². The highest BCUT2D eigenvalue weighted by Crippen LogP contribution is 2.37. The van der Waals surface area contributed by atoms with Crippen molar-refractivity contribution in [2.24, 2.45) is 0 Å². The Labute approximate surface area is 161 Å². The smallest absolute Gasteiger partial charge is 0.495 e. The number of rotatable bonds is 4. The molecule has 0 spiro atoms. The lowest BCUT2D eigenvalue weighted by molar-refractivity contribution is 0.00578. The molecule has 1 aromatic carbocycles. The molecular weight excluding hydrogens is 348 g/mol. The van der Waals surface area contributed by atoms with Gasteiger partial charge in [-0.2, -0.15) is 0 Å². The Morgan fingerprint density at radius 3 is 2.30 bits per heavy atom. The molecule has 7 heteroatoms. The number of nitrogens with one attached hydrogen (secondary N) is 1. The van der Waals surface area contributed by atoms with Crippen LogP contribution in [0.5, 0.6) is 5.75 Å². The zero-order chi connectivity index (χ0) is 19.8. The Morgan fingerprint density at radius 1 is 1.15 bits per heavy atom. The van der Waals surface area contributed by atoms with Gasteiger partial charge in [-0.15, -0.1) is 0 Å². The molecule has 3 rings (SSSR count). The molecule has 1 aliphatic carbocycles. The van der Waals surface area contributed by atoms with Gasteiger partial charge in [0, 0.05) is 6.04 Å². The molecule has 27 heavy (non-hydrogen) atoms. The third-order valence-corrected chi connectivity index (χ3v) is 5.99. The van der Waals surface area contributed by atoms with E-state index in [2.05, 4.69) is 5.32 Å². The van der Waals surface area contributed by atoms with Gasteiger partial charge in [-0.3, -0.25) is 4.79 Å². The molecule has 1 aliphatic heterocycles. The second-order valence-corrected chi connectivity index (χ2v) is 8.48. The van der Waals surface area contributed by atoms with Crippen LogP contribution in [0.4, 0.5) is 4.39 Å². The number of amides is 1. The van der Waals surface area contributed by atoms with E-state index in [1.54, 1.807) is 6.07 Å². The van der Waals surface area contributed by atoms with Crippen molar-refractivity contribution in [2.75, 3.05) is 7.11 Å². The van der Waals surface area contributed by atoms with E-state index in [1.807, 2.05) is 27.7 Å². The fourth-order valence-corrected chi connectivity index (χ4v) is 3.60. The number of hydrogen-bond donors (Lipinski definition) is 1. The quantitative estimate of drug-likeness (QED) is 0.819. The molecule has 0 bridgehead atoms. The highest BCUT2D eigenvalue weighted by molar-refractivity contribution is 6.62. The molecule has 1 amide bonds. The maximum absolute atomic E-state index is 14.9. The molecule has 0 atom stereocenters. The van der Waals surface area contributed by atoms with Crippen LogP contribution in [0.1, 0.15) is 70.2 Å². The lowest BCUT2D eigenvalue weighted by Crippen LogP contribution is -2.41. The van der Waals surface area contributed by atoms with Gasteiger partial charge in [-0.05, 0) is 58.1 Å². The van der Waals surface area contributed by atoms with E-state index in [4.69, 9.17) is 14.0 Å². The van der Waals surface area contributed by atoms with Crippen molar-refractivity contribution in [3.05, 3.63) is 23.5 Å². The number of hydrogen-bond acceptors (Lipinski definition) is 4. The van der Waals surface area contributed by atoms with Crippen LogP contribution < -0.4 is 15.5 Å². The zero-order valence-electron chi connectivity index (χ0n) is 16.9. The van der Waals surface area contributed by atoms with Gasteiger partial charge < -0.3 is 19.4 Å². The van der Waals surface area contributed by atoms with Crippen LogP contribution in [0.2, 0.25) is 0 Å². The summed E-state index contributed by atoms with van der Waals surface area (Å²) in [5.74, 6) is -0.878. The summed E-state index contributed by atoms with van der Waals surface area (Å²) in [5, 5.41) is 2.94. The Bertz CT molecular complexity index is 700. The minimum atomic E-state index is -0.714. The third kappa shape index (κ3) is 3.99. The summed E-state index contributed by atoms with van der Waals surface area (Å²) < 4.78 is 32.2. The predicted octanol–water partition coefficient (Wildman–Crippen LogP) is 3.20. The summed E-state index contributed by atoms with van der Waals surface area (Å²) in [5.41, 5.74) is -0.628. The first-order chi connectivity index (χ1) is 12.6. The molecule has 0 radical (unpaired) electrons. The first kappa shape index (κ1) is 20.1. The minimum absolute atomic E-state index is 0.0664. The summed E-state index contributed by atoms with van der Waals surface area (Å²) in [7, 11) is 0.717. The van der Waals surface area contributed by atoms with Crippen LogP contribution in [0.25, 0.3) is 0 Å². The first-order valence-corrected chi connectivity index (χ1v) is 9.68. The summed E-state index contributed by atoms with van der Waals surface area (Å²) in [4.78, 5) is 12.7. The molecule has 2 fully saturated rings. The van der Waals surface area contributed by atoms with E-state index in [-0.39, 0.29) is 17.4 Å². The van der Waals surface area contributed by atoms with Gasteiger partial charge in [0.25, 0.3) is 5.91 Å². The van der Waals surface area contributed by atoms with Gasteiger partial charge in [0.15, 0.2) is 0 Å². The number of carbonyl (C=O) groups is 1. The van der Waals surface area contributed by atoms with Crippen LogP contribution in [-0.4, -0.2) is 37.4 Å². The predicted molar refractivity (Wildman–Crippen MR) is 103 cm³/mol. The minimum Gasteiger partial charge on any atom is -0.496 e. The molecule has 1 saturated heterocycles. The Balaban J connectivity index is 1.84. The fraction of sp³-hybridized carbons (Fsp3) is 0.650. The van der Waals surface area contributed by atoms with E-state index in [1.165, 1.54) is 19.6 Å². The number of halogens is 1. The molecule has 0 unspecified atom stereocenters. The zero-order valence-corrected chi connectivity index (χ0v) is 16.9. The highest BCUT2D eigenvalue weighted by atomic mass is 19.1. The van der Waals surface area contributed by atoms with Crippen LogP contribution in [-0.2, 0) is 9.31 Å². The molecule has 5 nitrogen and oxygen atoms in total. The van der Waals surface area contributed by atoms with Gasteiger partial charge in [0.2, 0.25) is 0 Å². The van der Waals surface area contributed by atoms with E-state index < -0.39 is 30.0 Å². The monoisotopic (exact) mass is 377 g/mol. The maximum Gasteiger partial charge on any atom is 0.495 e. The average Bonchev–Trinajstić information content (AvgIpc) is 2.82. The largest absolute Gasteiger partial charge is 0.496 e. The topological polar surface area (TPSA) is 56.8 Å². The molecular formula is C20H29BFNO4. The normalized spacial score (nSPS) is 21.9. The van der Waals surface area contributed by atoms with Crippen LogP contribution in [0, 0.1) is 5.82 Å². The second kappa shape index (κ2) is 7.43. The fourth-order valence-electron chi connectivity index (χ4n) is 3.60. The standard InChI is InChI=1S/C20H29BFNO4/c1-19(2)20(3,4)27-21(26-19)13-11-15(22)17(16(12-13)25-5)18(24)23-14-9-7-6-8-10-14/h11-12,14H,6-10H2,1-5H3,(H,23,24). The average molecular weight is 377 g/mol. The number of methoxy groups -OCH3 is 1. The number of ether oxygens (including phenoxy) is 1. The summed E-state index contributed by atoms with van der Waals surface area (Å²) in [6.07, 6.45) is 5.23. The summed E-state index contributed by atoms with van der Waals surface area (Å²) in [6, 6.07) is 3.03. The highest BCUT2D eigenvalue weighted by Gasteiger charge is 2.52. The molecule has 1 N–H and O–H groups in total. The Hall–Kier alpha value is -1.60. The number of carbonyl (C=O) groups excluding carboxylic acids is 1. The van der Waals surface area contributed by atoms with E-state index in [9.17, 15) is 9.18 Å². The van der Waals surface area contributed by atoms with Crippen LogP contribution >= 0.6 is 0 Å². The lowest BCUT2D eigenvalue weighted by Gasteiger charge is -2.32. The van der Waals surface area contributed by atoms with Crippen molar-refractivity contribution in [3.8, 4) is 5.75 Å². The van der Waals surface area contributed by atoms with Crippen molar-refractivity contribution >= 4 is 18.5 Å². The molecule has 1 aromatic rings. The van der Waals surface area contributed by atoms with Gasteiger partial charge in [0.1, 0.15) is 17.1 Å². The van der Waals surface area contributed by atoms with Gasteiger partial charge >= 0.3 is 7.12 Å². The molecule has 148 valence electrons. The van der Waals surface area contributed by atoms with Gasteiger partial charge in [0.05, 0.1) is 18.3 Å². The summed E-state index contributed by atoms with van der Waals surface area (Å²) >= 11 is 0. The number of benzene rings is 1. The molecule has 0 aromatic heterocycles. The first-order valence-electron chi connectivity index (χ1n) is 9.68.